The zero-order chi connectivity index (χ0) is 12.5. The molecule has 0 unspecified atom stereocenters. The highest BCUT2D eigenvalue weighted by molar-refractivity contribution is 5.88. The van der Waals surface area contributed by atoms with Gasteiger partial charge in [0.25, 0.3) is 0 Å². The summed E-state index contributed by atoms with van der Waals surface area (Å²) < 4.78 is 0. The molecule has 4 nitrogen and oxygen atoms in total. The van der Waals surface area contributed by atoms with Gasteiger partial charge in [-0.25, -0.2) is 0 Å². The van der Waals surface area contributed by atoms with E-state index in [-0.39, 0.29) is 11.8 Å². The first-order valence-corrected chi connectivity index (χ1v) is 6.09. The quantitative estimate of drug-likeness (QED) is 0.577. The molecular weight excluding hydrogens is 216 g/mol. The van der Waals surface area contributed by atoms with E-state index in [2.05, 4.69) is 5.32 Å². The van der Waals surface area contributed by atoms with Crippen molar-refractivity contribution in [3.8, 4) is 0 Å². The van der Waals surface area contributed by atoms with Crippen LogP contribution in [0.15, 0.2) is 24.3 Å². The van der Waals surface area contributed by atoms with E-state index in [4.69, 9.17) is 0 Å². The van der Waals surface area contributed by atoms with E-state index < -0.39 is 0 Å². The van der Waals surface area contributed by atoms with E-state index in [1.807, 2.05) is 17.9 Å². The standard InChI is InChI=1S/C13H20N2O2/c1-2-3-4-7-12(16)14-9-8-13(17)15-10-5-6-11-15/h2-4,7H,5-6,8-11H2,1H3,(H,14,16). The summed E-state index contributed by atoms with van der Waals surface area (Å²) in [5.41, 5.74) is 0. The molecular formula is C13H20N2O2. The third kappa shape index (κ3) is 5.33. The predicted molar refractivity (Wildman–Crippen MR) is 67.4 cm³/mol. The highest BCUT2D eigenvalue weighted by Gasteiger charge is 2.16. The van der Waals surface area contributed by atoms with Crippen molar-refractivity contribution in [2.45, 2.75) is 26.2 Å². The fraction of sp³-hybridized carbons (Fsp3) is 0.538. The fourth-order valence-corrected chi connectivity index (χ4v) is 1.73. The first-order chi connectivity index (χ1) is 8.24. The van der Waals surface area contributed by atoms with E-state index >= 15 is 0 Å². The molecule has 1 N–H and O–H groups in total. The summed E-state index contributed by atoms with van der Waals surface area (Å²) in [6, 6.07) is 0. The van der Waals surface area contributed by atoms with Gasteiger partial charge in [-0.1, -0.05) is 18.2 Å². The van der Waals surface area contributed by atoms with Crippen molar-refractivity contribution in [1.29, 1.82) is 0 Å². The van der Waals surface area contributed by atoms with Crippen LogP contribution in [-0.4, -0.2) is 36.3 Å². The van der Waals surface area contributed by atoms with Crippen LogP contribution in [0.4, 0.5) is 0 Å². The Hall–Kier alpha value is -1.58. The summed E-state index contributed by atoms with van der Waals surface area (Å²) in [7, 11) is 0. The molecule has 1 rings (SSSR count). The third-order valence-corrected chi connectivity index (χ3v) is 2.65. The fourth-order valence-electron chi connectivity index (χ4n) is 1.73. The van der Waals surface area contributed by atoms with Crippen molar-refractivity contribution in [1.82, 2.24) is 10.2 Å². The van der Waals surface area contributed by atoms with Gasteiger partial charge in [0.2, 0.25) is 11.8 Å². The average molecular weight is 236 g/mol. The van der Waals surface area contributed by atoms with Crippen LogP contribution in [0.2, 0.25) is 0 Å². The summed E-state index contributed by atoms with van der Waals surface area (Å²) >= 11 is 0. The molecule has 0 atom stereocenters. The van der Waals surface area contributed by atoms with Crippen LogP contribution < -0.4 is 5.32 Å². The van der Waals surface area contributed by atoms with Crippen LogP contribution in [0.25, 0.3) is 0 Å². The van der Waals surface area contributed by atoms with Crippen molar-refractivity contribution >= 4 is 11.8 Å². The lowest BCUT2D eigenvalue weighted by molar-refractivity contribution is -0.130. The van der Waals surface area contributed by atoms with Crippen molar-refractivity contribution in [3.63, 3.8) is 0 Å². The van der Waals surface area contributed by atoms with Gasteiger partial charge in [-0.15, -0.1) is 0 Å². The Morgan fingerprint density at radius 2 is 1.94 bits per heavy atom. The molecule has 94 valence electrons. The lowest BCUT2D eigenvalue weighted by Crippen LogP contribution is -2.32. The molecule has 0 aliphatic carbocycles. The molecule has 1 saturated heterocycles. The molecule has 0 aromatic rings. The summed E-state index contributed by atoms with van der Waals surface area (Å²) in [6.07, 6.45) is 9.37. The first kappa shape index (κ1) is 13.5. The molecule has 4 heteroatoms. The third-order valence-electron chi connectivity index (χ3n) is 2.65. The number of carbonyl (C=O) groups is 2. The van der Waals surface area contributed by atoms with Gasteiger partial charge in [-0.2, -0.15) is 0 Å². The number of rotatable bonds is 5. The maximum atomic E-state index is 11.6. The normalized spacial score (nSPS) is 15.9. The van der Waals surface area contributed by atoms with E-state index in [0.29, 0.717) is 13.0 Å². The molecule has 1 heterocycles. The highest BCUT2D eigenvalue weighted by atomic mass is 16.2. The molecule has 17 heavy (non-hydrogen) atoms. The molecule has 0 radical (unpaired) electrons. The minimum absolute atomic E-state index is 0.139. The summed E-state index contributed by atoms with van der Waals surface area (Å²) in [5, 5.41) is 2.69. The van der Waals surface area contributed by atoms with Gasteiger partial charge in [0.1, 0.15) is 0 Å². The molecule has 0 saturated carbocycles. The van der Waals surface area contributed by atoms with E-state index in [1.54, 1.807) is 12.2 Å². The summed E-state index contributed by atoms with van der Waals surface area (Å²) in [5.74, 6) is -0.0162. The van der Waals surface area contributed by atoms with Gasteiger partial charge >= 0.3 is 0 Å². The Labute approximate surface area is 102 Å². The largest absolute Gasteiger partial charge is 0.352 e. The van der Waals surface area contributed by atoms with Crippen LogP contribution in [0.5, 0.6) is 0 Å². The molecule has 2 amide bonds. The Bertz CT molecular complexity index is 315. The number of nitrogens with zero attached hydrogens (tertiary/aromatic N) is 1. The van der Waals surface area contributed by atoms with Gasteiger partial charge < -0.3 is 10.2 Å². The minimum Gasteiger partial charge on any atom is -0.352 e. The second-order valence-electron chi connectivity index (χ2n) is 4.01. The molecule has 0 aromatic carbocycles. The van der Waals surface area contributed by atoms with Crippen LogP contribution in [-0.2, 0) is 9.59 Å². The number of amides is 2. The van der Waals surface area contributed by atoms with Crippen LogP contribution >= 0.6 is 0 Å². The monoisotopic (exact) mass is 236 g/mol. The molecule has 0 bridgehead atoms. The van der Waals surface area contributed by atoms with Gasteiger partial charge in [-0.3, -0.25) is 9.59 Å². The van der Waals surface area contributed by atoms with Crippen LogP contribution in [0.1, 0.15) is 26.2 Å². The molecule has 1 aliphatic rings. The zero-order valence-corrected chi connectivity index (χ0v) is 10.3. The number of hydrogen-bond acceptors (Lipinski definition) is 2. The summed E-state index contributed by atoms with van der Waals surface area (Å²) in [6.45, 7) is 4.03. The Kier molecular flexibility index (Phi) is 6.07. The topological polar surface area (TPSA) is 49.4 Å². The highest BCUT2D eigenvalue weighted by Crippen LogP contribution is 2.08. The Morgan fingerprint density at radius 1 is 1.24 bits per heavy atom. The Morgan fingerprint density at radius 3 is 2.59 bits per heavy atom. The van der Waals surface area contributed by atoms with Crippen molar-refractivity contribution in [3.05, 3.63) is 24.3 Å². The maximum absolute atomic E-state index is 11.6. The number of likely N-dealkylation sites (tertiary alicyclic amines) is 1. The number of allylic oxidation sites excluding steroid dienone is 3. The Balaban J connectivity index is 2.14. The second kappa shape index (κ2) is 7.65. The van der Waals surface area contributed by atoms with Gasteiger partial charge in [0.15, 0.2) is 0 Å². The lowest BCUT2D eigenvalue weighted by Gasteiger charge is -2.14. The number of carbonyl (C=O) groups excluding carboxylic acids is 2. The van der Waals surface area contributed by atoms with E-state index in [0.717, 1.165) is 25.9 Å². The van der Waals surface area contributed by atoms with Crippen molar-refractivity contribution in [2.24, 2.45) is 0 Å². The molecule has 0 aromatic heterocycles. The second-order valence-corrected chi connectivity index (χ2v) is 4.01. The average Bonchev–Trinajstić information content (AvgIpc) is 2.82. The van der Waals surface area contributed by atoms with Crippen LogP contribution in [0.3, 0.4) is 0 Å². The first-order valence-electron chi connectivity index (χ1n) is 6.09. The SMILES string of the molecule is CC=CC=CC(=O)NCCC(=O)N1CCCC1. The van der Waals surface area contributed by atoms with Gasteiger partial charge in [0.05, 0.1) is 0 Å². The zero-order valence-electron chi connectivity index (χ0n) is 10.3. The predicted octanol–water partition coefficient (Wildman–Crippen LogP) is 1.25. The minimum atomic E-state index is -0.155. The van der Waals surface area contributed by atoms with Crippen molar-refractivity contribution in [2.75, 3.05) is 19.6 Å². The summed E-state index contributed by atoms with van der Waals surface area (Å²) in [4.78, 5) is 24.8. The number of nitrogens with one attached hydrogen (secondary N) is 1. The van der Waals surface area contributed by atoms with Gasteiger partial charge in [-0.05, 0) is 19.8 Å². The van der Waals surface area contributed by atoms with Gasteiger partial charge in [0, 0.05) is 32.1 Å². The molecule has 1 fully saturated rings. The van der Waals surface area contributed by atoms with E-state index in [9.17, 15) is 9.59 Å². The molecule has 1 aliphatic heterocycles. The maximum Gasteiger partial charge on any atom is 0.243 e. The lowest BCUT2D eigenvalue weighted by atomic mass is 10.3. The number of hydrogen-bond donors (Lipinski definition) is 1. The van der Waals surface area contributed by atoms with Crippen LogP contribution in [0, 0.1) is 0 Å². The van der Waals surface area contributed by atoms with E-state index in [1.165, 1.54) is 6.08 Å². The smallest absolute Gasteiger partial charge is 0.243 e. The molecule has 0 spiro atoms. The van der Waals surface area contributed by atoms with Crippen molar-refractivity contribution < 1.29 is 9.59 Å².